The average Bonchev–Trinajstić information content (AvgIpc) is 2.85. The van der Waals surface area contributed by atoms with E-state index in [1.54, 1.807) is 18.3 Å². The van der Waals surface area contributed by atoms with Crippen LogP contribution in [0, 0.1) is 5.82 Å². The molecule has 0 N–H and O–H groups in total. The van der Waals surface area contributed by atoms with E-state index in [1.165, 1.54) is 6.07 Å². The number of hydrogen-bond acceptors (Lipinski definition) is 3. The molecule has 1 aromatic carbocycles. The highest BCUT2D eigenvalue weighted by molar-refractivity contribution is 5.76. The summed E-state index contributed by atoms with van der Waals surface area (Å²) in [7, 11) is 0. The van der Waals surface area contributed by atoms with Crippen LogP contribution < -0.4 is 0 Å². The van der Waals surface area contributed by atoms with Gasteiger partial charge >= 0.3 is 0 Å². The first kappa shape index (κ1) is 11.8. The predicted molar refractivity (Wildman–Crippen MR) is 71.2 cm³/mol. The molecule has 0 saturated heterocycles. The van der Waals surface area contributed by atoms with Crippen LogP contribution in [0.4, 0.5) is 4.39 Å². The van der Waals surface area contributed by atoms with Crippen molar-refractivity contribution in [2.45, 2.75) is 19.8 Å². The Labute approximate surface area is 110 Å². The Morgan fingerprint density at radius 2 is 2.16 bits per heavy atom. The van der Waals surface area contributed by atoms with E-state index in [1.807, 2.05) is 12.3 Å². The number of hydrogen-bond donors (Lipinski definition) is 0. The number of halogens is 1. The van der Waals surface area contributed by atoms with Gasteiger partial charge in [0.1, 0.15) is 5.52 Å². The highest BCUT2D eigenvalue weighted by atomic mass is 19.1. The molecule has 96 valence electrons. The van der Waals surface area contributed by atoms with Crippen LogP contribution in [0.5, 0.6) is 0 Å². The number of oxazole rings is 1. The Kier molecular flexibility index (Phi) is 2.99. The monoisotopic (exact) mass is 256 g/mol. The second-order valence-electron chi connectivity index (χ2n) is 4.44. The molecule has 3 aromatic rings. The van der Waals surface area contributed by atoms with Crippen molar-refractivity contribution in [3.63, 3.8) is 0 Å². The van der Waals surface area contributed by atoms with Crippen LogP contribution in [0.2, 0.25) is 0 Å². The molecule has 0 fully saturated rings. The van der Waals surface area contributed by atoms with E-state index in [2.05, 4.69) is 16.9 Å². The quantitative estimate of drug-likeness (QED) is 0.711. The van der Waals surface area contributed by atoms with Gasteiger partial charge in [0, 0.05) is 12.4 Å². The minimum atomic E-state index is -0.370. The second kappa shape index (κ2) is 4.80. The summed E-state index contributed by atoms with van der Waals surface area (Å²) in [6, 6.07) is 6.68. The zero-order chi connectivity index (χ0) is 13.2. The third-order valence-electron chi connectivity index (χ3n) is 2.95. The van der Waals surface area contributed by atoms with Crippen molar-refractivity contribution in [3.05, 3.63) is 48.0 Å². The number of pyridine rings is 1. The topological polar surface area (TPSA) is 38.9 Å². The minimum Gasteiger partial charge on any atom is -0.436 e. The average molecular weight is 256 g/mol. The van der Waals surface area contributed by atoms with Gasteiger partial charge in [-0.1, -0.05) is 19.4 Å². The lowest BCUT2D eigenvalue weighted by Crippen LogP contribution is -1.87. The van der Waals surface area contributed by atoms with Gasteiger partial charge in [-0.25, -0.2) is 9.37 Å². The Bertz CT molecular complexity index is 721. The maximum Gasteiger partial charge on any atom is 0.228 e. The molecule has 0 spiro atoms. The molecule has 4 heteroatoms. The van der Waals surface area contributed by atoms with E-state index in [0.717, 1.165) is 24.0 Å². The van der Waals surface area contributed by atoms with Crippen molar-refractivity contribution in [2.24, 2.45) is 0 Å². The smallest absolute Gasteiger partial charge is 0.228 e. The van der Waals surface area contributed by atoms with Crippen LogP contribution in [0.3, 0.4) is 0 Å². The molecule has 2 aromatic heterocycles. The zero-order valence-corrected chi connectivity index (χ0v) is 10.6. The Hall–Kier alpha value is -2.23. The molecule has 0 atom stereocenters. The van der Waals surface area contributed by atoms with Crippen LogP contribution in [0.15, 0.2) is 41.1 Å². The Morgan fingerprint density at radius 1 is 1.26 bits per heavy atom. The third-order valence-corrected chi connectivity index (χ3v) is 2.95. The number of aromatic nitrogens is 2. The van der Waals surface area contributed by atoms with Gasteiger partial charge in [-0.3, -0.25) is 4.98 Å². The van der Waals surface area contributed by atoms with Crippen LogP contribution in [0.25, 0.3) is 22.6 Å². The van der Waals surface area contributed by atoms with Gasteiger partial charge < -0.3 is 4.42 Å². The molecule has 3 rings (SSSR count). The largest absolute Gasteiger partial charge is 0.436 e. The van der Waals surface area contributed by atoms with E-state index in [0.29, 0.717) is 11.5 Å². The number of aryl methyl sites for hydroxylation is 1. The van der Waals surface area contributed by atoms with Crippen molar-refractivity contribution in [3.8, 4) is 11.5 Å². The first-order valence-electron chi connectivity index (χ1n) is 6.27. The summed E-state index contributed by atoms with van der Waals surface area (Å²) in [6.45, 7) is 2.11. The van der Waals surface area contributed by atoms with Crippen molar-refractivity contribution in [2.75, 3.05) is 0 Å². The molecule has 0 amide bonds. The molecule has 3 nitrogen and oxygen atoms in total. The lowest BCUT2D eigenvalue weighted by atomic mass is 10.1. The Balaban J connectivity index is 2.08. The van der Waals surface area contributed by atoms with Crippen molar-refractivity contribution in [1.29, 1.82) is 0 Å². The fourth-order valence-electron chi connectivity index (χ4n) is 2.07. The van der Waals surface area contributed by atoms with Gasteiger partial charge in [0.05, 0.1) is 5.56 Å². The van der Waals surface area contributed by atoms with Crippen molar-refractivity contribution >= 4 is 11.1 Å². The van der Waals surface area contributed by atoms with Crippen LogP contribution in [-0.4, -0.2) is 9.97 Å². The third kappa shape index (κ3) is 2.21. The zero-order valence-electron chi connectivity index (χ0n) is 10.6. The molecule has 0 radical (unpaired) electrons. The first-order chi connectivity index (χ1) is 9.28. The number of para-hydroxylation sites is 1. The maximum atomic E-state index is 13.6. The number of fused-ring (bicyclic) bond motifs is 1. The van der Waals surface area contributed by atoms with Gasteiger partial charge in [-0.15, -0.1) is 0 Å². The molecular weight excluding hydrogens is 243 g/mol. The lowest BCUT2D eigenvalue weighted by Gasteiger charge is -1.99. The van der Waals surface area contributed by atoms with Gasteiger partial charge in [-0.2, -0.15) is 0 Å². The molecule has 19 heavy (non-hydrogen) atoms. The standard InChI is InChI=1S/C15H13FN2O/c1-2-4-10-7-11(9-17-8-10)15-18-14-12(16)5-3-6-13(14)19-15/h3,5-9H,2,4H2,1H3. The lowest BCUT2D eigenvalue weighted by molar-refractivity contribution is 0.616. The van der Waals surface area contributed by atoms with Crippen LogP contribution >= 0.6 is 0 Å². The maximum absolute atomic E-state index is 13.6. The Morgan fingerprint density at radius 3 is 2.95 bits per heavy atom. The van der Waals surface area contributed by atoms with Crippen LogP contribution in [0.1, 0.15) is 18.9 Å². The molecule has 0 aliphatic carbocycles. The summed E-state index contributed by atoms with van der Waals surface area (Å²) in [4.78, 5) is 8.38. The summed E-state index contributed by atoms with van der Waals surface area (Å²) < 4.78 is 19.2. The number of rotatable bonds is 3. The summed E-state index contributed by atoms with van der Waals surface area (Å²) in [5, 5.41) is 0. The van der Waals surface area contributed by atoms with Gasteiger partial charge in [0.25, 0.3) is 0 Å². The summed E-state index contributed by atoms with van der Waals surface area (Å²) >= 11 is 0. The SMILES string of the molecule is CCCc1cncc(-c2nc3c(F)cccc3o2)c1. The molecule has 0 aliphatic heterocycles. The molecule has 0 unspecified atom stereocenters. The van der Waals surface area contributed by atoms with Gasteiger partial charge in [0.15, 0.2) is 11.4 Å². The molecule has 0 aliphatic rings. The molecular formula is C15H13FN2O. The highest BCUT2D eigenvalue weighted by Gasteiger charge is 2.11. The molecule has 0 bridgehead atoms. The normalized spacial score (nSPS) is 11.1. The van der Waals surface area contributed by atoms with E-state index >= 15 is 0 Å². The number of nitrogens with zero attached hydrogens (tertiary/aromatic N) is 2. The van der Waals surface area contributed by atoms with Crippen LogP contribution in [-0.2, 0) is 6.42 Å². The molecule has 0 saturated carbocycles. The van der Waals surface area contributed by atoms with E-state index < -0.39 is 0 Å². The van der Waals surface area contributed by atoms with Gasteiger partial charge in [0.2, 0.25) is 5.89 Å². The molecule has 2 heterocycles. The van der Waals surface area contributed by atoms with E-state index in [9.17, 15) is 4.39 Å². The summed E-state index contributed by atoms with van der Waals surface area (Å²) in [5.41, 5.74) is 2.62. The fourth-order valence-corrected chi connectivity index (χ4v) is 2.07. The van der Waals surface area contributed by atoms with Crippen molar-refractivity contribution in [1.82, 2.24) is 9.97 Å². The summed E-state index contributed by atoms with van der Waals surface area (Å²) in [6.07, 6.45) is 5.51. The number of benzene rings is 1. The fraction of sp³-hybridized carbons (Fsp3) is 0.200. The highest BCUT2D eigenvalue weighted by Crippen LogP contribution is 2.25. The first-order valence-corrected chi connectivity index (χ1v) is 6.27. The second-order valence-corrected chi connectivity index (χ2v) is 4.44. The van der Waals surface area contributed by atoms with E-state index in [-0.39, 0.29) is 11.3 Å². The minimum absolute atomic E-state index is 0.262. The van der Waals surface area contributed by atoms with E-state index in [4.69, 9.17) is 4.42 Å². The van der Waals surface area contributed by atoms with Crippen molar-refractivity contribution < 1.29 is 8.81 Å². The van der Waals surface area contributed by atoms with Gasteiger partial charge in [-0.05, 0) is 30.2 Å². The summed E-state index contributed by atoms with van der Waals surface area (Å²) in [5.74, 6) is 0.0377. The predicted octanol–water partition coefficient (Wildman–Crippen LogP) is 3.98.